The van der Waals surface area contributed by atoms with Gasteiger partial charge in [0.05, 0.1) is 17.1 Å². The first-order valence-corrected chi connectivity index (χ1v) is 5.39. The first-order valence-electron chi connectivity index (χ1n) is 5.39. The monoisotopic (exact) mass is 254 g/mol. The Balaban J connectivity index is 2.27. The molecular weight excluding hydrogens is 243 g/mol. The van der Waals surface area contributed by atoms with Crippen LogP contribution in [0.15, 0.2) is 18.2 Å². The zero-order valence-corrected chi connectivity index (χ0v) is 9.38. The molecule has 1 aromatic rings. The second kappa shape index (κ2) is 4.69. The minimum Gasteiger partial charge on any atom is -0.391 e. The molecule has 0 spiro atoms. The molecule has 1 aromatic carbocycles. The first-order chi connectivity index (χ1) is 8.47. The number of nitro benzene ring substituents is 1. The van der Waals surface area contributed by atoms with Crippen LogP contribution >= 0.6 is 0 Å². The number of carbonyl (C=O) groups excluding carboxylic acids is 1. The molecule has 0 aromatic heterocycles. The molecule has 1 saturated heterocycles. The molecule has 0 bridgehead atoms. The largest absolute Gasteiger partial charge is 0.391 e. The average Bonchev–Trinajstić information content (AvgIpc) is 2.74. The predicted octanol–water partition coefficient (Wildman–Crippen LogP) is 0.941. The van der Waals surface area contributed by atoms with E-state index in [1.807, 2.05) is 0 Å². The third kappa shape index (κ3) is 2.45. The predicted molar refractivity (Wildman–Crippen MR) is 59.6 cm³/mol. The molecule has 1 fully saturated rings. The molecule has 1 aliphatic rings. The number of aliphatic hydroxyl groups is 1. The van der Waals surface area contributed by atoms with Crippen LogP contribution in [0.3, 0.4) is 0 Å². The maximum absolute atomic E-state index is 13.2. The van der Waals surface area contributed by atoms with E-state index in [-0.39, 0.29) is 12.1 Å². The average molecular weight is 254 g/mol. The smallest absolute Gasteiger partial charge is 0.273 e. The summed E-state index contributed by atoms with van der Waals surface area (Å²) in [6, 6.07) is 2.76. The van der Waals surface area contributed by atoms with Crippen LogP contribution in [0.4, 0.5) is 10.1 Å². The van der Waals surface area contributed by atoms with Gasteiger partial charge >= 0.3 is 0 Å². The summed E-state index contributed by atoms with van der Waals surface area (Å²) in [4.78, 5) is 23.1. The van der Waals surface area contributed by atoms with Gasteiger partial charge in [-0.2, -0.15) is 0 Å². The lowest BCUT2D eigenvalue weighted by Crippen LogP contribution is -2.29. The number of rotatable bonds is 2. The van der Waals surface area contributed by atoms with Gasteiger partial charge in [-0.25, -0.2) is 4.39 Å². The van der Waals surface area contributed by atoms with Gasteiger partial charge in [-0.05, 0) is 12.5 Å². The minimum absolute atomic E-state index is 0.0733. The van der Waals surface area contributed by atoms with Crippen molar-refractivity contribution in [2.24, 2.45) is 0 Å². The molecule has 7 heteroatoms. The molecule has 0 aliphatic carbocycles. The second-order valence-electron chi connectivity index (χ2n) is 4.15. The van der Waals surface area contributed by atoms with Crippen molar-refractivity contribution in [3.8, 4) is 0 Å². The van der Waals surface area contributed by atoms with Crippen molar-refractivity contribution in [3.05, 3.63) is 39.7 Å². The van der Waals surface area contributed by atoms with Gasteiger partial charge in [0.15, 0.2) is 0 Å². The van der Waals surface area contributed by atoms with Crippen LogP contribution in [0.2, 0.25) is 0 Å². The Morgan fingerprint density at radius 3 is 2.78 bits per heavy atom. The van der Waals surface area contributed by atoms with Crippen LogP contribution in [0.5, 0.6) is 0 Å². The molecule has 1 unspecified atom stereocenters. The summed E-state index contributed by atoms with van der Waals surface area (Å²) in [6.45, 7) is 0.535. The summed E-state index contributed by atoms with van der Waals surface area (Å²) >= 11 is 0. The Hall–Kier alpha value is -2.02. The minimum atomic E-state index is -0.827. The Morgan fingerprint density at radius 1 is 1.50 bits per heavy atom. The lowest BCUT2D eigenvalue weighted by molar-refractivity contribution is -0.385. The van der Waals surface area contributed by atoms with Gasteiger partial charge in [-0.3, -0.25) is 14.9 Å². The highest BCUT2D eigenvalue weighted by Crippen LogP contribution is 2.19. The number of β-amino-alcohol motifs (C(OH)–C–C–N with tert-alkyl or cyclic N) is 1. The summed E-state index contributed by atoms with van der Waals surface area (Å²) in [5.41, 5.74) is -0.533. The third-order valence-corrected chi connectivity index (χ3v) is 2.79. The van der Waals surface area contributed by atoms with Crippen molar-refractivity contribution in [1.82, 2.24) is 4.90 Å². The normalized spacial score (nSPS) is 19.0. The van der Waals surface area contributed by atoms with Gasteiger partial charge in [0, 0.05) is 24.7 Å². The molecule has 1 aliphatic heterocycles. The fourth-order valence-corrected chi connectivity index (χ4v) is 1.91. The molecule has 1 N–H and O–H groups in total. The Bertz CT molecular complexity index is 506. The van der Waals surface area contributed by atoms with Gasteiger partial charge in [-0.15, -0.1) is 0 Å². The van der Waals surface area contributed by atoms with Crippen molar-refractivity contribution in [1.29, 1.82) is 0 Å². The highest BCUT2D eigenvalue weighted by Gasteiger charge is 2.26. The molecule has 0 radical (unpaired) electrons. The summed E-state index contributed by atoms with van der Waals surface area (Å²) < 4.78 is 13.2. The van der Waals surface area contributed by atoms with Gasteiger partial charge in [0.2, 0.25) is 0 Å². The standard InChI is InChI=1S/C11H11FN2O4/c12-8-3-7(4-9(5-8)14(17)18)11(16)13-2-1-10(15)6-13/h3-5,10,15H,1-2,6H2. The highest BCUT2D eigenvalue weighted by atomic mass is 19.1. The molecule has 2 rings (SSSR count). The lowest BCUT2D eigenvalue weighted by atomic mass is 10.1. The molecule has 1 atom stereocenters. The van der Waals surface area contributed by atoms with E-state index in [2.05, 4.69) is 0 Å². The molecule has 0 saturated carbocycles. The zero-order chi connectivity index (χ0) is 13.3. The fourth-order valence-electron chi connectivity index (χ4n) is 1.91. The Morgan fingerprint density at radius 2 is 2.22 bits per heavy atom. The van der Waals surface area contributed by atoms with Crippen molar-refractivity contribution in [3.63, 3.8) is 0 Å². The number of benzene rings is 1. The van der Waals surface area contributed by atoms with E-state index in [1.165, 1.54) is 4.90 Å². The van der Waals surface area contributed by atoms with Crippen molar-refractivity contribution >= 4 is 11.6 Å². The number of nitrogens with zero attached hydrogens (tertiary/aromatic N) is 2. The van der Waals surface area contributed by atoms with Crippen molar-refractivity contribution in [2.45, 2.75) is 12.5 Å². The van der Waals surface area contributed by atoms with E-state index in [9.17, 15) is 24.4 Å². The van der Waals surface area contributed by atoms with E-state index in [0.717, 1.165) is 18.2 Å². The maximum atomic E-state index is 13.2. The van der Waals surface area contributed by atoms with Gasteiger partial charge < -0.3 is 10.0 Å². The number of hydrogen-bond acceptors (Lipinski definition) is 4. The van der Waals surface area contributed by atoms with Crippen LogP contribution in [0, 0.1) is 15.9 Å². The first kappa shape index (κ1) is 12.4. The van der Waals surface area contributed by atoms with Crippen molar-refractivity contribution in [2.75, 3.05) is 13.1 Å². The fraction of sp³-hybridized carbons (Fsp3) is 0.364. The van der Waals surface area contributed by atoms with E-state index < -0.39 is 28.4 Å². The highest BCUT2D eigenvalue weighted by molar-refractivity contribution is 5.95. The van der Waals surface area contributed by atoms with Crippen LogP contribution in [0.25, 0.3) is 0 Å². The van der Waals surface area contributed by atoms with Crippen LogP contribution in [-0.2, 0) is 0 Å². The molecular formula is C11H11FN2O4. The number of amides is 1. The van der Waals surface area contributed by atoms with Gasteiger partial charge in [0.25, 0.3) is 11.6 Å². The number of halogens is 1. The van der Waals surface area contributed by atoms with Crippen LogP contribution < -0.4 is 0 Å². The quantitative estimate of drug-likeness (QED) is 0.628. The number of non-ortho nitro benzene ring substituents is 1. The molecule has 1 amide bonds. The van der Waals surface area contributed by atoms with Crippen molar-refractivity contribution < 1.29 is 19.2 Å². The second-order valence-corrected chi connectivity index (χ2v) is 4.15. The molecule has 1 heterocycles. The van der Waals surface area contributed by atoms with E-state index >= 15 is 0 Å². The Labute approximate surface area is 102 Å². The summed E-state index contributed by atoms with van der Waals surface area (Å²) in [5.74, 6) is -1.33. The number of nitro groups is 1. The number of hydrogen-bond donors (Lipinski definition) is 1. The summed E-state index contributed by atoms with van der Waals surface area (Å²) in [5, 5.41) is 19.9. The van der Waals surface area contributed by atoms with E-state index in [1.54, 1.807) is 0 Å². The van der Waals surface area contributed by atoms with E-state index in [0.29, 0.717) is 13.0 Å². The topological polar surface area (TPSA) is 83.7 Å². The molecule has 96 valence electrons. The number of aliphatic hydroxyl groups excluding tert-OH is 1. The van der Waals surface area contributed by atoms with Gasteiger partial charge in [0.1, 0.15) is 5.82 Å². The third-order valence-electron chi connectivity index (χ3n) is 2.79. The molecule has 18 heavy (non-hydrogen) atoms. The number of likely N-dealkylation sites (tertiary alicyclic amines) is 1. The van der Waals surface area contributed by atoms with Gasteiger partial charge in [-0.1, -0.05) is 0 Å². The SMILES string of the molecule is O=C(c1cc(F)cc([N+](=O)[O-])c1)N1CCC(O)C1. The van der Waals surface area contributed by atoms with E-state index in [4.69, 9.17) is 0 Å². The Kier molecular flexibility index (Phi) is 3.24. The zero-order valence-electron chi connectivity index (χ0n) is 9.38. The summed E-state index contributed by atoms with van der Waals surface area (Å²) in [6.07, 6.45) is -0.124. The molecule has 6 nitrogen and oxygen atoms in total. The lowest BCUT2D eigenvalue weighted by Gasteiger charge is -2.15. The van der Waals surface area contributed by atoms with Crippen LogP contribution in [0.1, 0.15) is 16.8 Å². The summed E-state index contributed by atoms with van der Waals surface area (Å²) in [7, 11) is 0. The number of carbonyl (C=O) groups is 1. The van der Waals surface area contributed by atoms with Crippen LogP contribution in [-0.4, -0.2) is 40.0 Å². The maximum Gasteiger partial charge on any atom is 0.273 e.